The van der Waals surface area contributed by atoms with Crippen LogP contribution >= 0.6 is 0 Å². The van der Waals surface area contributed by atoms with Crippen molar-refractivity contribution in [2.24, 2.45) is 4.99 Å². The summed E-state index contributed by atoms with van der Waals surface area (Å²) in [5.41, 5.74) is 6.07. The van der Waals surface area contributed by atoms with Gasteiger partial charge in [0.05, 0.1) is 37.1 Å². The molecule has 0 radical (unpaired) electrons. The third-order valence-corrected chi connectivity index (χ3v) is 5.46. The first kappa shape index (κ1) is 17.5. The van der Waals surface area contributed by atoms with E-state index < -0.39 is 0 Å². The molecule has 0 atom stereocenters. The van der Waals surface area contributed by atoms with Gasteiger partial charge in [-0.3, -0.25) is 4.99 Å². The van der Waals surface area contributed by atoms with Crippen LogP contribution in [-0.2, 0) is 11.3 Å². The van der Waals surface area contributed by atoms with E-state index in [-0.39, 0.29) is 5.97 Å². The molecular formula is C24H21N3O2. The van der Waals surface area contributed by atoms with Gasteiger partial charge in [0.1, 0.15) is 0 Å². The Morgan fingerprint density at radius 1 is 0.966 bits per heavy atom. The molecule has 29 heavy (non-hydrogen) atoms. The van der Waals surface area contributed by atoms with Crippen molar-refractivity contribution in [2.45, 2.75) is 6.54 Å². The van der Waals surface area contributed by atoms with Crippen LogP contribution in [-0.4, -0.2) is 32.1 Å². The van der Waals surface area contributed by atoms with Crippen LogP contribution in [0.4, 0.5) is 11.4 Å². The lowest BCUT2D eigenvalue weighted by atomic mass is 9.98. The molecule has 0 bridgehead atoms. The number of esters is 1. The molecule has 2 aliphatic heterocycles. The van der Waals surface area contributed by atoms with Crippen LogP contribution < -0.4 is 9.80 Å². The summed E-state index contributed by atoms with van der Waals surface area (Å²) in [5.74, 6) is 0.712. The van der Waals surface area contributed by atoms with E-state index >= 15 is 0 Å². The zero-order chi connectivity index (χ0) is 19.8. The Bertz CT molecular complexity index is 1110. The lowest BCUT2D eigenvalue weighted by Crippen LogP contribution is -2.34. The fourth-order valence-electron chi connectivity index (χ4n) is 4.07. The first-order chi connectivity index (χ1) is 14.3. The van der Waals surface area contributed by atoms with Gasteiger partial charge in [0.25, 0.3) is 0 Å². The largest absolute Gasteiger partial charge is 0.465 e. The fourth-order valence-corrected chi connectivity index (χ4v) is 4.07. The second kappa shape index (κ2) is 7.09. The van der Waals surface area contributed by atoms with Crippen molar-refractivity contribution in [1.29, 1.82) is 0 Å². The first-order valence-corrected chi connectivity index (χ1v) is 9.71. The Hall–Kier alpha value is -3.60. The van der Waals surface area contributed by atoms with Gasteiger partial charge in [0.15, 0.2) is 0 Å². The molecule has 0 N–H and O–H groups in total. The topological polar surface area (TPSA) is 45.1 Å². The van der Waals surface area contributed by atoms with E-state index in [1.54, 1.807) is 6.07 Å². The maximum absolute atomic E-state index is 12.1. The van der Waals surface area contributed by atoms with Crippen LogP contribution in [0.2, 0.25) is 0 Å². The van der Waals surface area contributed by atoms with Gasteiger partial charge in [0, 0.05) is 6.54 Å². The highest BCUT2D eigenvalue weighted by molar-refractivity contribution is 6.16. The van der Waals surface area contributed by atoms with E-state index in [1.165, 1.54) is 24.0 Å². The molecule has 5 heteroatoms. The van der Waals surface area contributed by atoms with E-state index in [4.69, 9.17) is 9.73 Å². The van der Waals surface area contributed by atoms with Crippen LogP contribution in [0, 0.1) is 0 Å². The van der Waals surface area contributed by atoms with E-state index in [0.29, 0.717) is 5.56 Å². The smallest absolute Gasteiger partial charge is 0.338 e. The SMILES string of the molecule is COC(=O)c1ccccc1-c1ccc(CN2C3=NCCN3c3ccccc32)cc1. The van der Waals surface area contributed by atoms with Gasteiger partial charge in [-0.15, -0.1) is 0 Å². The number of para-hydroxylation sites is 2. The molecule has 2 heterocycles. The summed E-state index contributed by atoms with van der Waals surface area (Å²) in [6.07, 6.45) is 0. The Labute approximate surface area is 169 Å². The number of rotatable bonds is 4. The molecule has 3 aromatic carbocycles. The molecular weight excluding hydrogens is 362 g/mol. The van der Waals surface area contributed by atoms with E-state index in [0.717, 1.165) is 36.7 Å². The zero-order valence-corrected chi connectivity index (χ0v) is 16.2. The Balaban J connectivity index is 1.43. The summed E-state index contributed by atoms with van der Waals surface area (Å²) < 4.78 is 4.92. The Morgan fingerprint density at radius 2 is 1.69 bits per heavy atom. The van der Waals surface area contributed by atoms with E-state index in [2.05, 4.69) is 58.3 Å². The number of benzene rings is 3. The molecule has 0 fully saturated rings. The highest BCUT2D eigenvalue weighted by Gasteiger charge is 2.34. The van der Waals surface area contributed by atoms with Crippen molar-refractivity contribution in [3.05, 3.63) is 83.9 Å². The number of methoxy groups -OCH3 is 1. The number of hydrogen-bond donors (Lipinski definition) is 0. The van der Waals surface area contributed by atoms with Gasteiger partial charge in [-0.25, -0.2) is 4.79 Å². The van der Waals surface area contributed by atoms with E-state index in [1.807, 2.05) is 18.2 Å². The van der Waals surface area contributed by atoms with Gasteiger partial charge in [-0.1, -0.05) is 54.6 Å². The minimum Gasteiger partial charge on any atom is -0.465 e. The third-order valence-electron chi connectivity index (χ3n) is 5.46. The number of carbonyl (C=O) groups is 1. The Morgan fingerprint density at radius 3 is 2.48 bits per heavy atom. The molecule has 0 amide bonds. The molecule has 144 valence electrons. The average Bonchev–Trinajstić information content (AvgIpc) is 3.36. The summed E-state index contributed by atoms with van der Waals surface area (Å²) >= 11 is 0. The molecule has 0 aromatic heterocycles. The van der Waals surface area contributed by atoms with Crippen molar-refractivity contribution in [3.8, 4) is 11.1 Å². The van der Waals surface area contributed by atoms with Gasteiger partial charge < -0.3 is 14.5 Å². The molecule has 3 aromatic rings. The quantitative estimate of drug-likeness (QED) is 0.629. The summed E-state index contributed by atoms with van der Waals surface area (Å²) in [6, 6.07) is 24.3. The third kappa shape index (κ3) is 2.95. The van der Waals surface area contributed by atoms with Crippen LogP contribution in [0.1, 0.15) is 15.9 Å². The van der Waals surface area contributed by atoms with Crippen molar-refractivity contribution in [3.63, 3.8) is 0 Å². The number of hydrogen-bond acceptors (Lipinski definition) is 5. The maximum atomic E-state index is 12.1. The standard InChI is InChI=1S/C24H21N3O2/c1-29-23(28)20-7-3-2-6-19(20)18-12-10-17(11-13-18)16-27-22-9-5-4-8-21(22)26-15-14-25-24(26)27/h2-13H,14-16H2,1H3. The lowest BCUT2D eigenvalue weighted by Gasteiger charge is -2.20. The molecule has 0 saturated carbocycles. The zero-order valence-electron chi connectivity index (χ0n) is 16.2. The highest BCUT2D eigenvalue weighted by Crippen LogP contribution is 2.39. The summed E-state index contributed by atoms with van der Waals surface area (Å²) in [6.45, 7) is 2.53. The minimum atomic E-state index is -0.322. The van der Waals surface area contributed by atoms with Gasteiger partial charge in [-0.2, -0.15) is 0 Å². The van der Waals surface area contributed by atoms with Gasteiger partial charge >= 0.3 is 5.97 Å². The van der Waals surface area contributed by atoms with Gasteiger partial charge in [-0.05, 0) is 34.9 Å². The predicted molar refractivity (Wildman–Crippen MR) is 115 cm³/mol. The number of ether oxygens (including phenoxy) is 1. The normalized spacial score (nSPS) is 14.4. The summed E-state index contributed by atoms with van der Waals surface area (Å²) in [4.78, 5) is 21.4. The van der Waals surface area contributed by atoms with Gasteiger partial charge in [0.2, 0.25) is 5.96 Å². The van der Waals surface area contributed by atoms with Crippen molar-refractivity contribution in [1.82, 2.24) is 0 Å². The van der Waals surface area contributed by atoms with Crippen molar-refractivity contribution < 1.29 is 9.53 Å². The highest BCUT2D eigenvalue weighted by atomic mass is 16.5. The number of guanidine groups is 1. The number of fused-ring (bicyclic) bond motifs is 3. The second-order valence-corrected chi connectivity index (χ2v) is 7.14. The molecule has 0 aliphatic carbocycles. The number of anilines is 2. The molecule has 5 rings (SSSR count). The van der Waals surface area contributed by atoms with Crippen molar-refractivity contribution >= 4 is 23.3 Å². The number of carbonyl (C=O) groups excluding carboxylic acids is 1. The molecule has 0 saturated heterocycles. The Kier molecular flexibility index (Phi) is 4.28. The summed E-state index contributed by atoms with van der Waals surface area (Å²) in [7, 11) is 1.41. The lowest BCUT2D eigenvalue weighted by molar-refractivity contribution is 0.0601. The molecule has 2 aliphatic rings. The van der Waals surface area contributed by atoms with Crippen LogP contribution in [0.3, 0.4) is 0 Å². The number of aliphatic imine (C=N–C) groups is 1. The molecule has 5 nitrogen and oxygen atoms in total. The number of nitrogens with zero attached hydrogens (tertiary/aromatic N) is 3. The fraction of sp³-hybridized carbons (Fsp3) is 0.167. The van der Waals surface area contributed by atoms with Crippen LogP contribution in [0.5, 0.6) is 0 Å². The van der Waals surface area contributed by atoms with Crippen LogP contribution in [0.25, 0.3) is 11.1 Å². The maximum Gasteiger partial charge on any atom is 0.338 e. The first-order valence-electron chi connectivity index (χ1n) is 9.71. The van der Waals surface area contributed by atoms with Crippen LogP contribution in [0.15, 0.2) is 77.8 Å². The molecule has 0 unspecified atom stereocenters. The monoisotopic (exact) mass is 383 g/mol. The summed E-state index contributed by atoms with van der Waals surface area (Å²) in [5, 5.41) is 0. The second-order valence-electron chi connectivity index (χ2n) is 7.14. The van der Waals surface area contributed by atoms with Crippen molar-refractivity contribution in [2.75, 3.05) is 30.0 Å². The molecule has 0 spiro atoms. The minimum absolute atomic E-state index is 0.322. The van der Waals surface area contributed by atoms with E-state index in [9.17, 15) is 4.79 Å². The average molecular weight is 383 g/mol. The predicted octanol–water partition coefficient (Wildman–Crippen LogP) is 4.34.